The van der Waals surface area contributed by atoms with E-state index in [-0.39, 0.29) is 30.6 Å². The standard InChI is InChI=1S/C13H17N3O4.ClH/c1-20-8-12(14)13(17)15-5-4-9-2-3-11(16(18)19)6-10(9)7-15;/h2-3,6,12H,4-5,7-8,14H2,1H3;1H. The van der Waals surface area contributed by atoms with Crippen LogP contribution in [0.5, 0.6) is 0 Å². The van der Waals surface area contributed by atoms with Gasteiger partial charge in [0.25, 0.3) is 5.69 Å². The summed E-state index contributed by atoms with van der Waals surface area (Å²) in [4.78, 5) is 24.1. The van der Waals surface area contributed by atoms with E-state index >= 15 is 0 Å². The lowest BCUT2D eigenvalue weighted by atomic mass is 9.98. The SMILES string of the molecule is COCC(N)C(=O)N1CCc2ccc([N+](=O)[O-])cc2C1.Cl. The summed E-state index contributed by atoms with van der Waals surface area (Å²) in [6.07, 6.45) is 0.679. The monoisotopic (exact) mass is 315 g/mol. The average molecular weight is 316 g/mol. The van der Waals surface area contributed by atoms with Crippen LogP contribution < -0.4 is 5.73 Å². The Morgan fingerprint density at radius 1 is 1.52 bits per heavy atom. The van der Waals surface area contributed by atoms with Gasteiger partial charge in [0, 0.05) is 32.3 Å². The van der Waals surface area contributed by atoms with Crippen LogP contribution in [0.3, 0.4) is 0 Å². The van der Waals surface area contributed by atoms with Crippen molar-refractivity contribution in [3.63, 3.8) is 0 Å². The predicted octanol–water partition coefficient (Wildman–Crippen LogP) is 0.875. The Morgan fingerprint density at radius 3 is 2.86 bits per heavy atom. The minimum absolute atomic E-state index is 0. The first-order valence-corrected chi connectivity index (χ1v) is 6.32. The second-order valence-electron chi connectivity index (χ2n) is 4.78. The summed E-state index contributed by atoms with van der Waals surface area (Å²) in [5, 5.41) is 10.8. The highest BCUT2D eigenvalue weighted by Crippen LogP contribution is 2.24. The van der Waals surface area contributed by atoms with Crippen LogP contribution >= 0.6 is 12.4 Å². The zero-order valence-electron chi connectivity index (χ0n) is 11.7. The number of methoxy groups -OCH3 is 1. The summed E-state index contributed by atoms with van der Waals surface area (Å²) in [7, 11) is 1.49. The zero-order valence-corrected chi connectivity index (χ0v) is 12.5. The minimum Gasteiger partial charge on any atom is -0.383 e. The summed E-state index contributed by atoms with van der Waals surface area (Å²) in [5.74, 6) is -0.191. The molecule has 0 saturated carbocycles. The first-order chi connectivity index (χ1) is 9.52. The highest BCUT2D eigenvalue weighted by atomic mass is 35.5. The number of fused-ring (bicyclic) bond motifs is 1. The maximum atomic E-state index is 12.1. The molecule has 21 heavy (non-hydrogen) atoms. The zero-order chi connectivity index (χ0) is 14.7. The van der Waals surface area contributed by atoms with Gasteiger partial charge in [0.2, 0.25) is 5.91 Å². The van der Waals surface area contributed by atoms with Crippen molar-refractivity contribution in [3.8, 4) is 0 Å². The van der Waals surface area contributed by atoms with E-state index < -0.39 is 11.0 Å². The molecule has 1 unspecified atom stereocenters. The summed E-state index contributed by atoms with van der Waals surface area (Å²) in [6, 6.07) is 4.08. The van der Waals surface area contributed by atoms with E-state index in [1.165, 1.54) is 19.2 Å². The van der Waals surface area contributed by atoms with Crippen LogP contribution in [0.4, 0.5) is 5.69 Å². The van der Waals surface area contributed by atoms with Crippen LogP contribution in [-0.2, 0) is 22.5 Å². The second-order valence-corrected chi connectivity index (χ2v) is 4.78. The fourth-order valence-corrected chi connectivity index (χ4v) is 2.33. The molecule has 0 spiro atoms. The summed E-state index contributed by atoms with van der Waals surface area (Å²) in [6.45, 7) is 1.09. The lowest BCUT2D eigenvalue weighted by Gasteiger charge is -2.30. The van der Waals surface area contributed by atoms with Crippen molar-refractivity contribution < 1.29 is 14.5 Å². The quantitative estimate of drug-likeness (QED) is 0.656. The van der Waals surface area contributed by atoms with Gasteiger partial charge >= 0.3 is 0 Å². The van der Waals surface area contributed by atoms with Gasteiger partial charge < -0.3 is 15.4 Å². The van der Waals surface area contributed by atoms with Crippen molar-refractivity contribution in [3.05, 3.63) is 39.4 Å². The van der Waals surface area contributed by atoms with E-state index in [1.54, 1.807) is 11.0 Å². The molecule has 1 aromatic rings. The van der Waals surface area contributed by atoms with Crippen molar-refractivity contribution >= 4 is 24.0 Å². The van der Waals surface area contributed by atoms with E-state index in [2.05, 4.69) is 0 Å². The van der Waals surface area contributed by atoms with Crippen LogP contribution in [0.1, 0.15) is 11.1 Å². The molecular weight excluding hydrogens is 298 g/mol. The fourth-order valence-electron chi connectivity index (χ4n) is 2.33. The van der Waals surface area contributed by atoms with Gasteiger partial charge in [-0.3, -0.25) is 14.9 Å². The number of nitrogens with zero attached hydrogens (tertiary/aromatic N) is 2. The summed E-state index contributed by atoms with van der Waals surface area (Å²) >= 11 is 0. The van der Waals surface area contributed by atoms with Crippen molar-refractivity contribution in [2.24, 2.45) is 5.73 Å². The van der Waals surface area contributed by atoms with Gasteiger partial charge in [-0.2, -0.15) is 0 Å². The number of carbonyl (C=O) groups is 1. The molecule has 7 nitrogen and oxygen atoms in total. The molecule has 1 atom stereocenters. The third-order valence-corrected chi connectivity index (χ3v) is 3.39. The molecule has 0 saturated heterocycles. The Labute approximate surface area is 128 Å². The van der Waals surface area contributed by atoms with Crippen molar-refractivity contribution in [1.29, 1.82) is 0 Å². The molecule has 0 radical (unpaired) electrons. The van der Waals surface area contributed by atoms with Gasteiger partial charge in [-0.1, -0.05) is 6.07 Å². The Balaban J connectivity index is 0.00000220. The number of hydrogen-bond acceptors (Lipinski definition) is 5. The molecule has 0 aliphatic carbocycles. The maximum absolute atomic E-state index is 12.1. The van der Waals surface area contributed by atoms with Crippen LogP contribution in [0.25, 0.3) is 0 Å². The Morgan fingerprint density at radius 2 is 2.24 bits per heavy atom. The molecule has 0 bridgehead atoms. The summed E-state index contributed by atoms with van der Waals surface area (Å²) < 4.78 is 4.87. The molecule has 1 amide bonds. The van der Waals surface area contributed by atoms with E-state index in [0.29, 0.717) is 19.5 Å². The minimum atomic E-state index is -0.694. The molecule has 0 fully saturated rings. The number of amides is 1. The van der Waals surface area contributed by atoms with E-state index in [4.69, 9.17) is 10.5 Å². The molecule has 0 aromatic heterocycles. The Kier molecular flexibility index (Phi) is 6.07. The smallest absolute Gasteiger partial charge is 0.269 e. The van der Waals surface area contributed by atoms with Crippen molar-refractivity contribution in [2.45, 2.75) is 19.0 Å². The molecule has 1 aromatic carbocycles. The third-order valence-electron chi connectivity index (χ3n) is 3.39. The van der Waals surface area contributed by atoms with Gasteiger partial charge in [-0.15, -0.1) is 12.4 Å². The summed E-state index contributed by atoms with van der Waals surface area (Å²) in [5.41, 5.74) is 7.62. The van der Waals surface area contributed by atoms with Gasteiger partial charge in [0.05, 0.1) is 11.5 Å². The molecule has 2 N–H and O–H groups in total. The van der Waals surface area contributed by atoms with Gasteiger partial charge in [-0.25, -0.2) is 0 Å². The largest absolute Gasteiger partial charge is 0.383 e. The number of carbonyl (C=O) groups excluding carboxylic acids is 1. The number of hydrogen-bond donors (Lipinski definition) is 1. The Hall–Kier alpha value is -1.70. The average Bonchev–Trinajstić information content (AvgIpc) is 2.45. The van der Waals surface area contributed by atoms with E-state index in [0.717, 1.165) is 11.1 Å². The van der Waals surface area contributed by atoms with Crippen LogP contribution in [-0.4, -0.2) is 42.0 Å². The lowest BCUT2D eigenvalue weighted by Crippen LogP contribution is -2.47. The second kappa shape index (κ2) is 7.35. The highest BCUT2D eigenvalue weighted by Gasteiger charge is 2.26. The van der Waals surface area contributed by atoms with E-state index in [9.17, 15) is 14.9 Å². The number of halogens is 1. The number of nitrogens with two attached hydrogens (primary N) is 1. The fraction of sp³-hybridized carbons (Fsp3) is 0.462. The molecule has 1 aliphatic heterocycles. The van der Waals surface area contributed by atoms with Gasteiger partial charge in [-0.05, 0) is 17.5 Å². The van der Waals surface area contributed by atoms with Crippen LogP contribution in [0.2, 0.25) is 0 Å². The van der Waals surface area contributed by atoms with Gasteiger partial charge in [0.1, 0.15) is 6.04 Å². The third kappa shape index (κ3) is 3.90. The number of nitro groups is 1. The van der Waals surface area contributed by atoms with Crippen LogP contribution in [0.15, 0.2) is 18.2 Å². The lowest BCUT2D eigenvalue weighted by molar-refractivity contribution is -0.385. The first-order valence-electron chi connectivity index (χ1n) is 6.32. The highest BCUT2D eigenvalue weighted by molar-refractivity contribution is 5.85. The number of ether oxygens (including phenoxy) is 1. The Bertz CT molecular complexity index is 538. The molecular formula is C13H18ClN3O4. The number of nitro benzene ring substituents is 1. The maximum Gasteiger partial charge on any atom is 0.269 e. The predicted molar refractivity (Wildman–Crippen MR) is 79.3 cm³/mol. The van der Waals surface area contributed by atoms with Crippen LogP contribution in [0, 0.1) is 10.1 Å². The number of rotatable bonds is 4. The number of benzene rings is 1. The molecule has 2 rings (SSSR count). The molecule has 116 valence electrons. The molecule has 1 aliphatic rings. The molecule has 8 heteroatoms. The molecule has 1 heterocycles. The normalized spacial score (nSPS) is 14.9. The van der Waals surface area contributed by atoms with Gasteiger partial charge in [0.15, 0.2) is 0 Å². The van der Waals surface area contributed by atoms with Crippen molar-refractivity contribution in [2.75, 3.05) is 20.3 Å². The topological polar surface area (TPSA) is 98.7 Å². The van der Waals surface area contributed by atoms with E-state index in [1.807, 2.05) is 0 Å². The van der Waals surface area contributed by atoms with Crippen molar-refractivity contribution in [1.82, 2.24) is 4.90 Å². The number of non-ortho nitro benzene ring substituents is 1. The first kappa shape index (κ1) is 17.4.